The maximum absolute atomic E-state index is 11.6. The predicted molar refractivity (Wildman–Crippen MR) is 87.7 cm³/mol. The van der Waals surface area contributed by atoms with Crippen molar-refractivity contribution in [1.82, 2.24) is 5.32 Å². The number of rotatable bonds is 9. The van der Waals surface area contributed by atoms with E-state index in [1.54, 1.807) is 14.0 Å². The normalized spacial score (nSPS) is 13.1. The second-order valence-corrected chi connectivity index (χ2v) is 7.69. The number of methoxy groups -OCH3 is 1. The van der Waals surface area contributed by atoms with E-state index in [-0.39, 0.29) is 17.5 Å². The van der Waals surface area contributed by atoms with Gasteiger partial charge in [-0.3, -0.25) is 0 Å². The monoisotopic (exact) mass is 313 g/mol. The first-order valence-corrected chi connectivity index (χ1v) is 9.34. The van der Waals surface area contributed by atoms with E-state index in [9.17, 15) is 8.42 Å². The molecular weight excluding hydrogens is 286 g/mol. The molecule has 1 unspecified atom stereocenters. The lowest BCUT2D eigenvalue weighted by Gasteiger charge is -2.19. The molecule has 1 rings (SSSR count). The Morgan fingerprint density at radius 3 is 2.57 bits per heavy atom. The van der Waals surface area contributed by atoms with Crippen LogP contribution in [0.15, 0.2) is 18.2 Å². The van der Waals surface area contributed by atoms with Crippen LogP contribution < -0.4 is 10.1 Å². The molecule has 0 aliphatic rings. The molecule has 1 aromatic carbocycles. The van der Waals surface area contributed by atoms with Crippen LogP contribution in [-0.2, 0) is 9.84 Å². The summed E-state index contributed by atoms with van der Waals surface area (Å²) in [5.41, 5.74) is 2.25. The average Bonchev–Trinajstić information content (AvgIpc) is 2.47. The van der Waals surface area contributed by atoms with Crippen LogP contribution >= 0.6 is 0 Å². The van der Waals surface area contributed by atoms with Gasteiger partial charge in [-0.15, -0.1) is 0 Å². The van der Waals surface area contributed by atoms with E-state index in [2.05, 4.69) is 18.3 Å². The Morgan fingerprint density at radius 1 is 1.29 bits per heavy atom. The zero-order valence-corrected chi connectivity index (χ0v) is 14.3. The van der Waals surface area contributed by atoms with Gasteiger partial charge in [0, 0.05) is 11.8 Å². The standard InChI is InChI=1S/C16H27NO3S/c1-5-17-15(8-7-11-21(18,19)6-2)14-10-9-13(3)16(12-14)20-4/h9-10,12,15,17H,5-8,11H2,1-4H3. The molecule has 4 nitrogen and oxygen atoms in total. The Hall–Kier alpha value is -1.07. The van der Waals surface area contributed by atoms with Crippen molar-refractivity contribution in [1.29, 1.82) is 0 Å². The van der Waals surface area contributed by atoms with Gasteiger partial charge in [-0.2, -0.15) is 0 Å². The summed E-state index contributed by atoms with van der Waals surface area (Å²) in [6, 6.07) is 6.33. The summed E-state index contributed by atoms with van der Waals surface area (Å²) in [4.78, 5) is 0. The third kappa shape index (κ3) is 5.67. The molecule has 1 aromatic rings. The smallest absolute Gasteiger partial charge is 0.150 e. The summed E-state index contributed by atoms with van der Waals surface area (Å²) in [5.74, 6) is 1.35. The van der Waals surface area contributed by atoms with Crippen molar-refractivity contribution < 1.29 is 13.2 Å². The first-order chi connectivity index (χ1) is 9.93. The van der Waals surface area contributed by atoms with Crippen molar-refractivity contribution in [3.05, 3.63) is 29.3 Å². The minimum absolute atomic E-state index is 0.163. The molecule has 0 spiro atoms. The van der Waals surface area contributed by atoms with Crippen LogP contribution in [0, 0.1) is 6.92 Å². The highest BCUT2D eigenvalue weighted by atomic mass is 32.2. The van der Waals surface area contributed by atoms with Crippen LogP contribution in [0.2, 0.25) is 0 Å². The molecular formula is C16H27NO3S. The summed E-state index contributed by atoms with van der Waals surface area (Å²) < 4.78 is 28.5. The molecule has 0 bridgehead atoms. The van der Waals surface area contributed by atoms with Crippen LogP contribution in [0.25, 0.3) is 0 Å². The van der Waals surface area contributed by atoms with Gasteiger partial charge in [0.15, 0.2) is 0 Å². The topological polar surface area (TPSA) is 55.4 Å². The highest BCUT2D eigenvalue weighted by Crippen LogP contribution is 2.26. The molecule has 0 heterocycles. The van der Waals surface area contributed by atoms with Crippen molar-refractivity contribution >= 4 is 9.84 Å². The number of ether oxygens (including phenoxy) is 1. The molecule has 0 aliphatic carbocycles. The molecule has 0 aromatic heterocycles. The number of benzene rings is 1. The Labute approximate surface area is 128 Å². The molecule has 21 heavy (non-hydrogen) atoms. The number of sulfone groups is 1. The van der Waals surface area contributed by atoms with Gasteiger partial charge < -0.3 is 10.1 Å². The Bertz CT molecular complexity index is 540. The Kier molecular flexibility index (Phi) is 7.18. The van der Waals surface area contributed by atoms with E-state index in [1.165, 1.54) is 0 Å². The maximum Gasteiger partial charge on any atom is 0.150 e. The number of aryl methyl sites for hydroxylation is 1. The van der Waals surface area contributed by atoms with Gasteiger partial charge in [-0.25, -0.2) is 8.42 Å². The van der Waals surface area contributed by atoms with Crippen LogP contribution in [0.4, 0.5) is 0 Å². The molecule has 1 N–H and O–H groups in total. The lowest BCUT2D eigenvalue weighted by Crippen LogP contribution is -2.22. The molecule has 0 saturated carbocycles. The first-order valence-electron chi connectivity index (χ1n) is 7.51. The fourth-order valence-corrected chi connectivity index (χ4v) is 3.23. The van der Waals surface area contributed by atoms with Crippen LogP contribution in [0.5, 0.6) is 5.75 Å². The van der Waals surface area contributed by atoms with Crippen LogP contribution in [-0.4, -0.2) is 33.6 Å². The van der Waals surface area contributed by atoms with Gasteiger partial charge in [-0.1, -0.05) is 26.0 Å². The molecule has 120 valence electrons. The number of nitrogens with one attached hydrogen (secondary N) is 1. The summed E-state index contributed by atoms with van der Waals surface area (Å²) in [6.45, 7) is 6.61. The first kappa shape index (κ1) is 18.0. The van der Waals surface area contributed by atoms with E-state index in [4.69, 9.17) is 4.74 Å². The Morgan fingerprint density at radius 2 is 2.00 bits per heavy atom. The molecule has 5 heteroatoms. The Balaban J connectivity index is 2.77. The van der Waals surface area contributed by atoms with Crippen LogP contribution in [0.3, 0.4) is 0 Å². The maximum atomic E-state index is 11.6. The number of hydrogen-bond acceptors (Lipinski definition) is 4. The van der Waals surface area contributed by atoms with Crippen molar-refractivity contribution in [3.8, 4) is 5.75 Å². The third-order valence-electron chi connectivity index (χ3n) is 3.67. The summed E-state index contributed by atoms with van der Waals surface area (Å²) in [5, 5.41) is 3.42. The van der Waals surface area contributed by atoms with E-state index in [1.807, 2.05) is 19.1 Å². The quantitative estimate of drug-likeness (QED) is 0.761. The average molecular weight is 313 g/mol. The van der Waals surface area contributed by atoms with Gasteiger partial charge in [0.25, 0.3) is 0 Å². The van der Waals surface area contributed by atoms with Crippen molar-refractivity contribution in [2.45, 2.75) is 39.7 Å². The van der Waals surface area contributed by atoms with E-state index < -0.39 is 9.84 Å². The largest absolute Gasteiger partial charge is 0.496 e. The zero-order valence-electron chi connectivity index (χ0n) is 13.5. The second-order valence-electron chi connectivity index (χ2n) is 5.22. The fourth-order valence-electron chi connectivity index (χ4n) is 2.34. The molecule has 0 saturated heterocycles. The summed E-state index contributed by atoms with van der Waals surface area (Å²) >= 11 is 0. The molecule has 0 aliphatic heterocycles. The van der Waals surface area contributed by atoms with Crippen molar-refractivity contribution in [2.24, 2.45) is 0 Å². The minimum Gasteiger partial charge on any atom is -0.496 e. The summed E-state index contributed by atoms with van der Waals surface area (Å²) in [6.07, 6.45) is 1.48. The molecule has 0 radical (unpaired) electrons. The summed E-state index contributed by atoms with van der Waals surface area (Å²) in [7, 11) is -1.22. The zero-order chi connectivity index (χ0) is 15.9. The van der Waals surface area contributed by atoms with Gasteiger partial charge in [0.05, 0.1) is 12.9 Å². The fraction of sp³-hybridized carbons (Fsp3) is 0.625. The lowest BCUT2D eigenvalue weighted by molar-refractivity contribution is 0.409. The minimum atomic E-state index is -2.88. The van der Waals surface area contributed by atoms with Gasteiger partial charge in [0.1, 0.15) is 15.6 Å². The van der Waals surface area contributed by atoms with Crippen molar-refractivity contribution in [2.75, 3.05) is 25.2 Å². The van der Waals surface area contributed by atoms with E-state index >= 15 is 0 Å². The lowest BCUT2D eigenvalue weighted by atomic mass is 10.0. The third-order valence-corrected chi connectivity index (χ3v) is 5.46. The second kappa shape index (κ2) is 8.39. The highest BCUT2D eigenvalue weighted by molar-refractivity contribution is 7.91. The van der Waals surface area contributed by atoms with E-state index in [0.29, 0.717) is 6.42 Å². The molecule has 1 atom stereocenters. The number of hydrogen-bond donors (Lipinski definition) is 1. The molecule has 0 amide bonds. The van der Waals surface area contributed by atoms with Gasteiger partial charge in [-0.05, 0) is 43.5 Å². The van der Waals surface area contributed by atoms with Crippen molar-refractivity contribution in [3.63, 3.8) is 0 Å². The predicted octanol–water partition coefficient (Wildman–Crippen LogP) is 2.87. The van der Waals surface area contributed by atoms with Crippen LogP contribution in [0.1, 0.15) is 43.9 Å². The van der Waals surface area contributed by atoms with Gasteiger partial charge in [0.2, 0.25) is 0 Å². The highest BCUT2D eigenvalue weighted by Gasteiger charge is 2.14. The SMILES string of the molecule is CCNC(CCCS(=O)(=O)CC)c1ccc(C)c(OC)c1. The molecule has 0 fully saturated rings. The van der Waals surface area contributed by atoms with Gasteiger partial charge >= 0.3 is 0 Å². The van der Waals surface area contributed by atoms with E-state index in [0.717, 1.165) is 29.8 Å².